The molecule has 1 N–H and O–H groups in total. The van der Waals surface area contributed by atoms with Gasteiger partial charge in [0.2, 0.25) is 0 Å². The number of likely N-dealkylation sites (N-methyl/N-ethyl adjacent to an activating group) is 1. The number of nitrogens with one attached hydrogen (secondary N) is 1. The SMILES string of the molecule is CCNC(=O)[C@@H](C)OC(=O)c1cccnc1Cl. The van der Waals surface area contributed by atoms with Gasteiger partial charge in [-0.15, -0.1) is 0 Å². The molecular formula is C11H13ClN2O3. The van der Waals surface area contributed by atoms with Crippen molar-refractivity contribution in [3.63, 3.8) is 0 Å². The highest BCUT2D eigenvalue weighted by atomic mass is 35.5. The second-order valence-corrected chi connectivity index (χ2v) is 3.64. The second-order valence-electron chi connectivity index (χ2n) is 3.28. The molecule has 92 valence electrons. The minimum atomic E-state index is -0.862. The molecule has 0 saturated heterocycles. The lowest BCUT2D eigenvalue weighted by molar-refractivity contribution is -0.128. The van der Waals surface area contributed by atoms with E-state index in [0.29, 0.717) is 6.54 Å². The third kappa shape index (κ3) is 3.71. The summed E-state index contributed by atoms with van der Waals surface area (Å²) in [7, 11) is 0. The molecule has 0 radical (unpaired) electrons. The minimum Gasteiger partial charge on any atom is -0.449 e. The molecule has 1 atom stereocenters. The van der Waals surface area contributed by atoms with Crippen LogP contribution >= 0.6 is 11.6 Å². The summed E-state index contributed by atoms with van der Waals surface area (Å²) in [4.78, 5) is 26.8. The van der Waals surface area contributed by atoms with Crippen LogP contribution in [0.3, 0.4) is 0 Å². The zero-order chi connectivity index (χ0) is 12.8. The van der Waals surface area contributed by atoms with Crippen LogP contribution in [0.5, 0.6) is 0 Å². The zero-order valence-electron chi connectivity index (χ0n) is 9.57. The molecule has 0 spiro atoms. The van der Waals surface area contributed by atoms with Gasteiger partial charge in [0.1, 0.15) is 5.15 Å². The first-order valence-corrected chi connectivity index (χ1v) is 5.53. The molecular weight excluding hydrogens is 244 g/mol. The van der Waals surface area contributed by atoms with Crippen LogP contribution in [0.25, 0.3) is 0 Å². The molecule has 17 heavy (non-hydrogen) atoms. The number of nitrogens with zero attached hydrogens (tertiary/aromatic N) is 1. The van der Waals surface area contributed by atoms with E-state index in [0.717, 1.165) is 0 Å². The predicted molar refractivity (Wildman–Crippen MR) is 62.8 cm³/mol. The summed E-state index contributed by atoms with van der Waals surface area (Å²) in [5.41, 5.74) is 0.144. The van der Waals surface area contributed by atoms with E-state index in [4.69, 9.17) is 16.3 Å². The van der Waals surface area contributed by atoms with Crippen LogP contribution < -0.4 is 5.32 Å². The molecule has 0 aliphatic rings. The second kappa shape index (κ2) is 6.20. The van der Waals surface area contributed by atoms with Crippen molar-refractivity contribution in [2.75, 3.05) is 6.54 Å². The summed E-state index contributed by atoms with van der Waals surface area (Å²) < 4.78 is 4.96. The average Bonchev–Trinajstić information content (AvgIpc) is 2.29. The largest absolute Gasteiger partial charge is 0.449 e. The average molecular weight is 257 g/mol. The molecule has 0 aromatic carbocycles. The summed E-state index contributed by atoms with van der Waals surface area (Å²) in [5.74, 6) is -1.01. The highest BCUT2D eigenvalue weighted by Gasteiger charge is 2.19. The number of carbonyl (C=O) groups is 2. The zero-order valence-corrected chi connectivity index (χ0v) is 10.3. The Kier molecular flexibility index (Phi) is 4.90. The maximum absolute atomic E-state index is 11.7. The molecule has 0 aliphatic carbocycles. The van der Waals surface area contributed by atoms with Gasteiger partial charge < -0.3 is 10.1 Å². The molecule has 1 heterocycles. The third-order valence-electron chi connectivity index (χ3n) is 1.98. The van der Waals surface area contributed by atoms with Gasteiger partial charge in [-0.3, -0.25) is 4.79 Å². The normalized spacial score (nSPS) is 11.7. The Balaban J connectivity index is 2.67. The van der Waals surface area contributed by atoms with E-state index < -0.39 is 12.1 Å². The van der Waals surface area contributed by atoms with E-state index in [9.17, 15) is 9.59 Å². The number of halogens is 1. The minimum absolute atomic E-state index is 0.0561. The number of hydrogen-bond donors (Lipinski definition) is 1. The van der Waals surface area contributed by atoms with Crippen LogP contribution in [-0.4, -0.2) is 29.5 Å². The van der Waals surface area contributed by atoms with E-state index in [1.54, 1.807) is 13.0 Å². The summed E-state index contributed by atoms with van der Waals surface area (Å²) in [6, 6.07) is 3.06. The van der Waals surface area contributed by atoms with Crippen molar-refractivity contribution in [3.8, 4) is 0 Å². The molecule has 0 bridgehead atoms. The Morgan fingerprint density at radius 1 is 1.59 bits per heavy atom. The predicted octanol–water partition coefficient (Wildman–Crippen LogP) is 1.42. The van der Waals surface area contributed by atoms with Crippen LogP contribution in [0.15, 0.2) is 18.3 Å². The first-order valence-electron chi connectivity index (χ1n) is 5.15. The van der Waals surface area contributed by atoms with Gasteiger partial charge in [0.05, 0.1) is 5.56 Å². The first kappa shape index (κ1) is 13.4. The van der Waals surface area contributed by atoms with Gasteiger partial charge in [0.25, 0.3) is 5.91 Å². The van der Waals surface area contributed by atoms with Crippen molar-refractivity contribution < 1.29 is 14.3 Å². The molecule has 1 rings (SSSR count). The van der Waals surface area contributed by atoms with Crippen LogP contribution in [0, 0.1) is 0 Å². The standard InChI is InChI=1S/C11H13ClN2O3/c1-3-13-10(15)7(2)17-11(16)8-5-4-6-14-9(8)12/h4-7H,3H2,1-2H3,(H,13,15)/t7-/m1/s1. The van der Waals surface area contributed by atoms with Gasteiger partial charge in [-0.25, -0.2) is 9.78 Å². The molecule has 1 amide bonds. The monoisotopic (exact) mass is 256 g/mol. The smallest absolute Gasteiger partial charge is 0.342 e. The van der Waals surface area contributed by atoms with Crippen LogP contribution in [0.4, 0.5) is 0 Å². The third-order valence-corrected chi connectivity index (χ3v) is 2.28. The number of amides is 1. The summed E-state index contributed by atoms with van der Waals surface area (Å²) in [6.45, 7) is 3.76. The number of carbonyl (C=O) groups excluding carboxylic acids is 2. The van der Waals surface area contributed by atoms with Crippen molar-refractivity contribution in [2.45, 2.75) is 20.0 Å². The Labute approximate surface area is 104 Å². The fraction of sp³-hybridized carbons (Fsp3) is 0.364. The Bertz CT molecular complexity index is 423. The Morgan fingerprint density at radius 2 is 2.29 bits per heavy atom. The number of ether oxygens (including phenoxy) is 1. The van der Waals surface area contributed by atoms with E-state index in [2.05, 4.69) is 10.3 Å². The Hall–Kier alpha value is -1.62. The lowest BCUT2D eigenvalue weighted by Gasteiger charge is -2.12. The fourth-order valence-corrected chi connectivity index (χ4v) is 1.33. The molecule has 1 aromatic heterocycles. The van der Waals surface area contributed by atoms with Crippen molar-refractivity contribution in [2.24, 2.45) is 0 Å². The maximum Gasteiger partial charge on any atom is 0.342 e. The van der Waals surface area contributed by atoms with E-state index >= 15 is 0 Å². The van der Waals surface area contributed by atoms with Crippen LogP contribution in [-0.2, 0) is 9.53 Å². The molecule has 6 heteroatoms. The van der Waals surface area contributed by atoms with Crippen molar-refractivity contribution in [1.82, 2.24) is 10.3 Å². The van der Waals surface area contributed by atoms with Crippen LogP contribution in [0.2, 0.25) is 5.15 Å². The quantitative estimate of drug-likeness (QED) is 0.653. The number of pyridine rings is 1. The van der Waals surface area contributed by atoms with Gasteiger partial charge in [-0.1, -0.05) is 11.6 Å². The lowest BCUT2D eigenvalue weighted by Crippen LogP contribution is -2.35. The first-order chi connectivity index (χ1) is 8.06. The number of aromatic nitrogens is 1. The number of hydrogen-bond acceptors (Lipinski definition) is 4. The molecule has 0 saturated carbocycles. The van der Waals surface area contributed by atoms with Gasteiger partial charge in [0.15, 0.2) is 6.10 Å². The fourth-order valence-electron chi connectivity index (χ4n) is 1.13. The van der Waals surface area contributed by atoms with Gasteiger partial charge in [0, 0.05) is 12.7 Å². The van der Waals surface area contributed by atoms with Crippen molar-refractivity contribution in [3.05, 3.63) is 29.0 Å². The molecule has 1 aromatic rings. The number of esters is 1. The molecule has 5 nitrogen and oxygen atoms in total. The highest BCUT2D eigenvalue weighted by Crippen LogP contribution is 2.13. The molecule has 0 fully saturated rings. The highest BCUT2D eigenvalue weighted by molar-refractivity contribution is 6.32. The molecule has 0 aliphatic heterocycles. The summed E-state index contributed by atoms with van der Waals surface area (Å²) >= 11 is 5.73. The van der Waals surface area contributed by atoms with Crippen molar-refractivity contribution >= 4 is 23.5 Å². The van der Waals surface area contributed by atoms with Gasteiger partial charge in [-0.05, 0) is 26.0 Å². The summed E-state index contributed by atoms with van der Waals surface area (Å²) in [6.07, 6.45) is 0.602. The van der Waals surface area contributed by atoms with Crippen molar-refractivity contribution in [1.29, 1.82) is 0 Å². The van der Waals surface area contributed by atoms with E-state index in [1.165, 1.54) is 19.2 Å². The Morgan fingerprint density at radius 3 is 2.88 bits per heavy atom. The van der Waals surface area contributed by atoms with E-state index in [-0.39, 0.29) is 16.6 Å². The van der Waals surface area contributed by atoms with Gasteiger partial charge in [-0.2, -0.15) is 0 Å². The number of rotatable bonds is 4. The topological polar surface area (TPSA) is 68.3 Å². The molecule has 0 unspecified atom stereocenters. The maximum atomic E-state index is 11.7. The lowest BCUT2D eigenvalue weighted by atomic mass is 10.3. The summed E-state index contributed by atoms with van der Waals surface area (Å²) in [5, 5.41) is 2.61. The van der Waals surface area contributed by atoms with Gasteiger partial charge >= 0.3 is 5.97 Å². The van der Waals surface area contributed by atoms with E-state index in [1.807, 2.05) is 0 Å². The van der Waals surface area contributed by atoms with Crippen LogP contribution in [0.1, 0.15) is 24.2 Å².